The minimum atomic E-state index is -1.20. The first kappa shape index (κ1) is 36.0. The number of likely N-dealkylation sites (tertiary alicyclic amines) is 1. The van der Waals surface area contributed by atoms with Gasteiger partial charge in [0, 0.05) is 56.7 Å². The van der Waals surface area contributed by atoms with E-state index in [0.29, 0.717) is 25.1 Å². The Kier molecular flexibility index (Phi) is 10.2. The Morgan fingerprint density at radius 1 is 1.14 bits per heavy atom. The van der Waals surface area contributed by atoms with Crippen molar-refractivity contribution in [1.29, 1.82) is 0 Å². The van der Waals surface area contributed by atoms with Gasteiger partial charge in [-0.15, -0.1) is 6.58 Å². The number of hydrogen-bond acceptors (Lipinski definition) is 5. The smallest absolute Gasteiger partial charge is 0.268 e. The number of benzene rings is 2. The molecule has 0 saturated carbocycles. The van der Waals surface area contributed by atoms with Gasteiger partial charge in [-0.25, -0.2) is 0 Å². The van der Waals surface area contributed by atoms with E-state index in [2.05, 4.69) is 60.0 Å². The Morgan fingerprint density at radius 3 is 2.59 bits per heavy atom. The predicted molar refractivity (Wildman–Crippen MR) is 206 cm³/mol. The van der Waals surface area contributed by atoms with E-state index in [9.17, 15) is 14.7 Å². The van der Waals surface area contributed by atoms with Crippen molar-refractivity contribution in [2.24, 2.45) is 11.8 Å². The fourth-order valence-corrected chi connectivity index (χ4v) is 7.70. The number of hydrogen-bond donors (Lipinski definition) is 4. The summed E-state index contributed by atoms with van der Waals surface area (Å²) in [5.41, 5.74) is 4.88. The van der Waals surface area contributed by atoms with Crippen molar-refractivity contribution >= 4 is 34.9 Å². The number of H-pyrrole nitrogens is 1. The topological polar surface area (TPSA) is 107 Å². The minimum Gasteiger partial charge on any atom is -0.507 e. The number of aromatic amines is 1. The van der Waals surface area contributed by atoms with Crippen LogP contribution in [-0.2, 0) is 28.0 Å². The number of piperazine rings is 1. The molecule has 3 aliphatic rings. The maximum atomic E-state index is 14.3. The normalized spacial score (nSPS) is 23.3. The summed E-state index contributed by atoms with van der Waals surface area (Å²) < 4.78 is 5.94. The molecule has 0 bridgehead atoms. The monoisotopic (exact) mass is 688 g/mol. The summed E-state index contributed by atoms with van der Waals surface area (Å²) in [4.78, 5) is 34.2. The molecule has 3 aromatic rings. The molecule has 0 radical (unpaired) electrons. The van der Waals surface area contributed by atoms with Crippen LogP contribution in [0.3, 0.4) is 0 Å². The molecule has 3 unspecified atom stereocenters. The van der Waals surface area contributed by atoms with E-state index < -0.39 is 16.9 Å². The van der Waals surface area contributed by atoms with Crippen molar-refractivity contribution in [2.45, 2.75) is 77.8 Å². The van der Waals surface area contributed by atoms with Crippen LogP contribution in [0.1, 0.15) is 81.8 Å². The summed E-state index contributed by atoms with van der Waals surface area (Å²) >= 11 is 0. The lowest BCUT2D eigenvalue weighted by atomic mass is 9.71. The molecule has 1 aliphatic carbocycles. The molecule has 8 heteroatoms. The van der Waals surface area contributed by atoms with Crippen molar-refractivity contribution in [3.8, 4) is 11.5 Å². The zero-order valence-corrected chi connectivity index (χ0v) is 30.9. The molecule has 8 nitrogen and oxygen atoms in total. The van der Waals surface area contributed by atoms with Crippen LogP contribution in [0.5, 0.6) is 11.5 Å². The zero-order chi connectivity index (χ0) is 36.5. The van der Waals surface area contributed by atoms with Crippen LogP contribution >= 0.6 is 0 Å². The van der Waals surface area contributed by atoms with Gasteiger partial charge in [0.05, 0.1) is 7.11 Å². The lowest BCUT2D eigenvalue weighted by molar-refractivity contribution is -0.138. The van der Waals surface area contributed by atoms with Crippen molar-refractivity contribution in [3.63, 3.8) is 0 Å². The van der Waals surface area contributed by atoms with E-state index in [1.54, 1.807) is 13.2 Å². The highest BCUT2D eigenvalue weighted by Gasteiger charge is 2.51. The number of carbonyl (C=O) groups is 2. The van der Waals surface area contributed by atoms with E-state index >= 15 is 0 Å². The number of aromatic nitrogens is 1. The molecule has 6 rings (SSSR count). The van der Waals surface area contributed by atoms with Crippen LogP contribution in [0, 0.1) is 11.8 Å². The number of phenolic OH excluding ortho intramolecular Hbond substituents is 1. The number of rotatable bonds is 10. The zero-order valence-electron chi connectivity index (χ0n) is 30.9. The second-order valence-electron chi connectivity index (χ2n) is 15.2. The maximum absolute atomic E-state index is 14.3. The number of phenols is 1. The minimum absolute atomic E-state index is 0.0681. The van der Waals surface area contributed by atoms with Gasteiger partial charge in [0.2, 0.25) is 0 Å². The number of aromatic hydroxyl groups is 1. The van der Waals surface area contributed by atoms with Gasteiger partial charge in [0.1, 0.15) is 22.7 Å². The van der Waals surface area contributed by atoms with E-state index in [4.69, 9.17) is 4.74 Å². The van der Waals surface area contributed by atoms with E-state index in [1.807, 2.05) is 68.5 Å². The molecule has 2 saturated heterocycles. The van der Waals surface area contributed by atoms with E-state index in [1.165, 1.54) is 5.57 Å². The van der Waals surface area contributed by atoms with Crippen LogP contribution < -0.4 is 15.4 Å². The number of para-hydroxylation sites is 1. The number of allylic oxidation sites excluding steroid dienone is 4. The van der Waals surface area contributed by atoms with Crippen molar-refractivity contribution < 1.29 is 19.4 Å². The van der Waals surface area contributed by atoms with Gasteiger partial charge < -0.3 is 25.5 Å². The Hall–Kier alpha value is -4.82. The molecule has 2 aliphatic heterocycles. The first-order valence-corrected chi connectivity index (χ1v) is 18.1. The second-order valence-corrected chi connectivity index (χ2v) is 15.2. The summed E-state index contributed by atoms with van der Waals surface area (Å²) in [6.45, 7) is 16.9. The average Bonchev–Trinajstić information content (AvgIpc) is 3.76. The first-order valence-electron chi connectivity index (χ1n) is 18.1. The molecule has 268 valence electrons. The Morgan fingerprint density at radius 2 is 1.88 bits per heavy atom. The number of carbonyl (C=O) groups excluding carboxylic acids is 2. The standard InChI is InChI=1S/C43H52N4O4/c1-8-42(5,6)39-33(31-13-9-10-14-35(31)44-39)24-36-40(49)46-43(41(50)45-36)25-28(4)16-18-30(43)19-20-32-34(26-47-21-11-12-22-47)38(48)29(17-15-27(2)3)23-37(32)51-7/h8-10,13-16,18-20,23-24,28,30,44,48H,1,11-12,17,21-22,25-26H2,2-7H3,(H,45,50)(H,46,49)/b20-19+,36-24?. The van der Waals surface area contributed by atoms with Gasteiger partial charge in [-0.2, -0.15) is 0 Å². The number of fused-ring (bicyclic) bond motifs is 1. The summed E-state index contributed by atoms with van der Waals surface area (Å²) in [7, 11) is 1.65. The van der Waals surface area contributed by atoms with Crippen molar-refractivity contribution in [1.82, 2.24) is 20.5 Å². The van der Waals surface area contributed by atoms with Crippen molar-refractivity contribution in [2.75, 3.05) is 20.2 Å². The van der Waals surface area contributed by atoms with Gasteiger partial charge in [-0.05, 0) is 76.7 Å². The Balaban J connectivity index is 1.37. The van der Waals surface area contributed by atoms with Gasteiger partial charge in [-0.1, -0.05) is 81.0 Å². The van der Waals surface area contributed by atoms with Gasteiger partial charge in [0.15, 0.2) is 0 Å². The summed E-state index contributed by atoms with van der Waals surface area (Å²) in [5.74, 6) is -0.0311. The molecular weight excluding hydrogens is 636 g/mol. The number of methoxy groups -OCH3 is 1. The molecule has 3 heterocycles. The maximum Gasteiger partial charge on any atom is 0.268 e. The average molecular weight is 689 g/mol. The van der Waals surface area contributed by atoms with Crippen LogP contribution in [0.2, 0.25) is 0 Å². The summed E-state index contributed by atoms with van der Waals surface area (Å²) in [6.07, 6.45) is 17.1. The quantitative estimate of drug-likeness (QED) is 0.129. The largest absolute Gasteiger partial charge is 0.507 e. The lowest BCUT2D eigenvalue weighted by Crippen LogP contribution is -2.68. The molecule has 1 aromatic heterocycles. The third-order valence-corrected chi connectivity index (χ3v) is 10.8. The van der Waals surface area contributed by atoms with Crippen LogP contribution in [0.15, 0.2) is 78.6 Å². The fourth-order valence-electron chi connectivity index (χ4n) is 7.70. The Bertz CT molecular complexity index is 1970. The van der Waals surface area contributed by atoms with Crippen LogP contribution in [0.25, 0.3) is 23.1 Å². The molecule has 4 N–H and O–H groups in total. The number of nitrogens with one attached hydrogen (secondary N) is 3. The highest BCUT2D eigenvalue weighted by Crippen LogP contribution is 2.41. The number of nitrogens with zero attached hydrogens (tertiary/aromatic N) is 1. The number of amides is 2. The summed E-state index contributed by atoms with van der Waals surface area (Å²) in [6, 6.07) is 9.86. The van der Waals surface area contributed by atoms with Gasteiger partial charge >= 0.3 is 0 Å². The Labute approximate surface area is 302 Å². The molecule has 2 amide bonds. The molecule has 2 aromatic carbocycles. The van der Waals surface area contributed by atoms with Gasteiger partial charge in [-0.3, -0.25) is 14.5 Å². The third kappa shape index (κ3) is 7.07. The predicted octanol–water partition coefficient (Wildman–Crippen LogP) is 7.70. The molecule has 51 heavy (non-hydrogen) atoms. The van der Waals surface area contributed by atoms with E-state index in [-0.39, 0.29) is 29.2 Å². The summed E-state index contributed by atoms with van der Waals surface area (Å²) in [5, 5.41) is 18.8. The highest BCUT2D eigenvalue weighted by atomic mass is 16.5. The number of ether oxygens (including phenoxy) is 1. The third-order valence-electron chi connectivity index (χ3n) is 10.8. The fraction of sp³-hybridized carbons (Fsp3) is 0.395. The molecule has 1 spiro atoms. The van der Waals surface area contributed by atoms with Crippen LogP contribution in [-0.4, -0.2) is 52.5 Å². The van der Waals surface area contributed by atoms with E-state index in [0.717, 1.165) is 64.8 Å². The van der Waals surface area contributed by atoms with Gasteiger partial charge in [0.25, 0.3) is 11.8 Å². The lowest BCUT2D eigenvalue weighted by Gasteiger charge is -2.44. The SMILES string of the molecule is C=CC(C)(C)c1[nH]c2ccccc2c1C=C1NC(=O)C2(CC(C)C=CC2/C=C/c2c(OC)cc(CC=C(C)C)c(O)c2CN2CCCC2)NC1=O. The molecule has 2 fully saturated rings. The second kappa shape index (κ2) is 14.4. The molecular formula is C43H52N4O4. The molecule has 3 atom stereocenters. The van der Waals surface area contributed by atoms with Crippen LogP contribution in [0.4, 0.5) is 0 Å². The first-order chi connectivity index (χ1) is 24.4. The highest BCUT2D eigenvalue weighted by molar-refractivity contribution is 6.10. The van der Waals surface area contributed by atoms with Crippen molar-refractivity contribution in [3.05, 3.63) is 107 Å².